The van der Waals surface area contributed by atoms with Crippen molar-refractivity contribution in [1.29, 1.82) is 0 Å². The lowest BCUT2D eigenvalue weighted by Gasteiger charge is -2.16. The Kier molecular flexibility index (Phi) is 6.04. The number of hydrogen-bond donors (Lipinski definition) is 3. The van der Waals surface area contributed by atoms with Crippen LogP contribution in [0.3, 0.4) is 0 Å². The minimum atomic E-state index is -4.68. The molecule has 2 rings (SSSR count). The molecule has 9 heteroatoms. The third-order valence-corrected chi connectivity index (χ3v) is 3.79. The SMILES string of the molecule is COc1ccc(C(CO)CNC(=O)c2cc(C(F)(F)F)c[nH]c2=O)cc1. The maximum Gasteiger partial charge on any atom is 0.417 e. The minimum absolute atomic E-state index is 0.0582. The summed E-state index contributed by atoms with van der Waals surface area (Å²) in [6.07, 6.45) is -4.18. The van der Waals surface area contributed by atoms with E-state index in [2.05, 4.69) is 5.32 Å². The number of aliphatic hydroxyl groups excluding tert-OH is 1. The molecule has 1 aromatic heterocycles. The molecular weight excluding hydrogens is 353 g/mol. The van der Waals surface area contributed by atoms with Gasteiger partial charge in [-0.25, -0.2) is 0 Å². The quantitative estimate of drug-likeness (QED) is 0.724. The molecule has 0 aliphatic heterocycles. The molecule has 0 saturated carbocycles. The first-order chi connectivity index (χ1) is 12.3. The number of nitrogens with one attached hydrogen (secondary N) is 2. The van der Waals surface area contributed by atoms with Gasteiger partial charge in [-0.2, -0.15) is 13.2 Å². The number of H-pyrrole nitrogens is 1. The van der Waals surface area contributed by atoms with E-state index >= 15 is 0 Å². The van der Waals surface area contributed by atoms with E-state index in [0.717, 1.165) is 0 Å². The molecule has 0 aliphatic carbocycles. The van der Waals surface area contributed by atoms with Gasteiger partial charge in [-0.05, 0) is 23.8 Å². The van der Waals surface area contributed by atoms with Gasteiger partial charge >= 0.3 is 6.18 Å². The summed E-state index contributed by atoms with van der Waals surface area (Å²) in [5.74, 6) is -0.830. The molecule has 0 fully saturated rings. The Hall–Kier alpha value is -2.81. The highest BCUT2D eigenvalue weighted by molar-refractivity contribution is 5.94. The molecule has 0 aliphatic rings. The summed E-state index contributed by atoms with van der Waals surface area (Å²) in [5, 5.41) is 11.9. The van der Waals surface area contributed by atoms with Crippen LogP contribution in [0.15, 0.2) is 41.3 Å². The highest BCUT2D eigenvalue weighted by atomic mass is 19.4. The van der Waals surface area contributed by atoms with Crippen molar-refractivity contribution in [3.05, 3.63) is 63.6 Å². The summed E-state index contributed by atoms with van der Waals surface area (Å²) in [5.41, 5.74) is -2.01. The molecule has 1 aromatic carbocycles. The standard InChI is InChI=1S/C17H17F3N2O4/c1-26-13-4-2-10(3-5-13)11(9-23)7-21-15(24)14-6-12(17(18,19)20)8-22-16(14)25/h2-6,8,11,23H,7,9H2,1H3,(H,21,24)(H,22,25). The number of benzene rings is 1. The third-order valence-electron chi connectivity index (χ3n) is 3.79. The fourth-order valence-corrected chi connectivity index (χ4v) is 2.29. The van der Waals surface area contributed by atoms with Crippen molar-refractivity contribution in [3.8, 4) is 5.75 Å². The number of alkyl halides is 3. The van der Waals surface area contributed by atoms with E-state index in [-0.39, 0.29) is 13.2 Å². The average Bonchev–Trinajstić information content (AvgIpc) is 2.62. The van der Waals surface area contributed by atoms with Gasteiger partial charge < -0.3 is 20.1 Å². The monoisotopic (exact) mass is 370 g/mol. The summed E-state index contributed by atoms with van der Waals surface area (Å²) < 4.78 is 43.2. The van der Waals surface area contributed by atoms with E-state index in [0.29, 0.717) is 23.6 Å². The zero-order chi connectivity index (χ0) is 19.3. The second-order valence-electron chi connectivity index (χ2n) is 5.49. The van der Waals surface area contributed by atoms with Gasteiger partial charge in [-0.15, -0.1) is 0 Å². The van der Waals surface area contributed by atoms with Crippen molar-refractivity contribution in [2.45, 2.75) is 12.1 Å². The van der Waals surface area contributed by atoms with Crippen LogP contribution < -0.4 is 15.6 Å². The van der Waals surface area contributed by atoms with Gasteiger partial charge in [0.05, 0.1) is 19.3 Å². The number of aromatic amines is 1. The molecule has 1 heterocycles. The Bertz CT molecular complexity index is 816. The molecule has 1 atom stereocenters. The van der Waals surface area contributed by atoms with Gasteiger partial charge in [0, 0.05) is 18.7 Å². The average molecular weight is 370 g/mol. The Morgan fingerprint density at radius 3 is 2.50 bits per heavy atom. The van der Waals surface area contributed by atoms with E-state index in [1.54, 1.807) is 24.3 Å². The largest absolute Gasteiger partial charge is 0.497 e. The first-order valence-electron chi connectivity index (χ1n) is 7.59. The molecular formula is C17H17F3N2O4. The van der Waals surface area contributed by atoms with Crippen LogP contribution in [-0.2, 0) is 6.18 Å². The topological polar surface area (TPSA) is 91.4 Å². The highest BCUT2D eigenvalue weighted by Gasteiger charge is 2.32. The number of ether oxygens (including phenoxy) is 1. The van der Waals surface area contributed by atoms with Crippen LogP contribution >= 0.6 is 0 Å². The van der Waals surface area contributed by atoms with Crippen molar-refractivity contribution in [2.24, 2.45) is 0 Å². The van der Waals surface area contributed by atoms with Gasteiger partial charge in [0.15, 0.2) is 0 Å². The fraction of sp³-hybridized carbons (Fsp3) is 0.294. The molecule has 0 radical (unpaired) electrons. The van der Waals surface area contributed by atoms with Crippen LogP contribution in [0.2, 0.25) is 0 Å². The number of amides is 1. The Balaban J connectivity index is 2.12. The van der Waals surface area contributed by atoms with E-state index < -0.39 is 34.7 Å². The van der Waals surface area contributed by atoms with Crippen molar-refractivity contribution in [2.75, 3.05) is 20.3 Å². The first kappa shape index (κ1) is 19.5. The molecule has 0 saturated heterocycles. The number of pyridine rings is 1. The Morgan fingerprint density at radius 2 is 1.96 bits per heavy atom. The Labute approximate surface area is 146 Å². The van der Waals surface area contributed by atoms with Crippen LogP contribution in [0.4, 0.5) is 13.2 Å². The lowest BCUT2D eigenvalue weighted by atomic mass is 9.99. The van der Waals surface area contributed by atoms with Gasteiger partial charge in [-0.3, -0.25) is 9.59 Å². The summed E-state index contributed by atoms with van der Waals surface area (Å²) >= 11 is 0. The van der Waals surface area contributed by atoms with Gasteiger partial charge in [-0.1, -0.05) is 12.1 Å². The first-order valence-corrected chi connectivity index (χ1v) is 7.59. The van der Waals surface area contributed by atoms with Crippen LogP contribution in [0.5, 0.6) is 5.75 Å². The normalized spacial score (nSPS) is 12.5. The summed E-state index contributed by atoms with van der Waals surface area (Å²) in [4.78, 5) is 25.6. The highest BCUT2D eigenvalue weighted by Crippen LogP contribution is 2.28. The lowest BCUT2D eigenvalue weighted by Crippen LogP contribution is -2.34. The van der Waals surface area contributed by atoms with E-state index in [1.807, 2.05) is 4.98 Å². The molecule has 1 amide bonds. The van der Waals surface area contributed by atoms with Gasteiger partial charge in [0.2, 0.25) is 0 Å². The summed E-state index contributed by atoms with van der Waals surface area (Å²) in [6.45, 7) is -0.358. The number of rotatable bonds is 6. The maximum absolute atomic E-state index is 12.7. The predicted octanol–water partition coefficient (Wildman–Crippen LogP) is 1.91. The molecule has 2 aromatic rings. The van der Waals surface area contributed by atoms with Crippen molar-refractivity contribution < 1.29 is 27.8 Å². The van der Waals surface area contributed by atoms with Crippen molar-refractivity contribution >= 4 is 5.91 Å². The van der Waals surface area contributed by atoms with E-state index in [9.17, 15) is 27.9 Å². The van der Waals surface area contributed by atoms with Crippen LogP contribution in [-0.4, -0.2) is 36.3 Å². The molecule has 6 nitrogen and oxygen atoms in total. The molecule has 0 spiro atoms. The second kappa shape index (κ2) is 8.05. The van der Waals surface area contributed by atoms with Crippen LogP contribution in [0, 0.1) is 0 Å². The summed E-state index contributed by atoms with van der Waals surface area (Å²) in [6, 6.07) is 7.25. The zero-order valence-corrected chi connectivity index (χ0v) is 13.8. The van der Waals surface area contributed by atoms with Crippen LogP contribution in [0.1, 0.15) is 27.4 Å². The number of methoxy groups -OCH3 is 1. The molecule has 140 valence electrons. The number of halogens is 3. The number of aliphatic hydroxyl groups is 1. The third kappa shape index (κ3) is 4.63. The van der Waals surface area contributed by atoms with Gasteiger partial charge in [0.25, 0.3) is 11.5 Å². The second-order valence-corrected chi connectivity index (χ2v) is 5.49. The number of aromatic nitrogens is 1. The summed E-state index contributed by atoms with van der Waals surface area (Å²) in [7, 11) is 1.51. The number of hydrogen-bond acceptors (Lipinski definition) is 4. The van der Waals surface area contributed by atoms with Crippen molar-refractivity contribution in [1.82, 2.24) is 10.3 Å². The Morgan fingerprint density at radius 1 is 1.31 bits per heavy atom. The zero-order valence-electron chi connectivity index (χ0n) is 13.8. The van der Waals surface area contributed by atoms with Crippen LogP contribution in [0.25, 0.3) is 0 Å². The number of carbonyl (C=O) groups is 1. The minimum Gasteiger partial charge on any atom is -0.497 e. The van der Waals surface area contributed by atoms with Crippen molar-refractivity contribution in [3.63, 3.8) is 0 Å². The molecule has 0 bridgehead atoms. The molecule has 1 unspecified atom stereocenters. The number of carbonyl (C=O) groups excluding carboxylic acids is 1. The van der Waals surface area contributed by atoms with Gasteiger partial charge in [0.1, 0.15) is 11.3 Å². The van der Waals surface area contributed by atoms with E-state index in [1.165, 1.54) is 7.11 Å². The fourth-order valence-electron chi connectivity index (χ4n) is 2.29. The van der Waals surface area contributed by atoms with E-state index in [4.69, 9.17) is 4.74 Å². The lowest BCUT2D eigenvalue weighted by molar-refractivity contribution is -0.137. The predicted molar refractivity (Wildman–Crippen MR) is 87.2 cm³/mol. The molecule has 3 N–H and O–H groups in total. The smallest absolute Gasteiger partial charge is 0.417 e. The maximum atomic E-state index is 12.7. The molecule has 26 heavy (non-hydrogen) atoms.